The van der Waals surface area contributed by atoms with Crippen LogP contribution in [-0.4, -0.2) is 22.5 Å². The summed E-state index contributed by atoms with van der Waals surface area (Å²) in [5, 5.41) is 5.17. The van der Waals surface area contributed by atoms with Gasteiger partial charge in [-0.25, -0.2) is 8.78 Å². The van der Waals surface area contributed by atoms with Crippen LogP contribution in [0.25, 0.3) is 0 Å². The summed E-state index contributed by atoms with van der Waals surface area (Å²) >= 11 is 4.56. The third kappa shape index (κ3) is 3.28. The summed E-state index contributed by atoms with van der Waals surface area (Å²) in [6, 6.07) is 0. The summed E-state index contributed by atoms with van der Waals surface area (Å²) in [5.74, 6) is -3.34. The molecular weight excluding hydrogens is 224 g/mol. The normalized spacial score (nSPS) is 29.1. The van der Waals surface area contributed by atoms with E-state index in [1.807, 2.05) is 0 Å². The maximum Gasteiger partial charge on any atom is 0.347 e. The van der Waals surface area contributed by atoms with Crippen LogP contribution >= 0.6 is 11.6 Å². The van der Waals surface area contributed by atoms with Gasteiger partial charge in [0.15, 0.2) is 0 Å². The zero-order valence-electron chi connectivity index (χ0n) is 7.32. The van der Waals surface area contributed by atoms with Gasteiger partial charge in [0.2, 0.25) is 5.92 Å². The third-order valence-corrected chi connectivity index (χ3v) is 2.69. The molecule has 1 aliphatic carbocycles. The lowest BCUT2D eigenvalue weighted by molar-refractivity contribution is -0.0549. The summed E-state index contributed by atoms with van der Waals surface area (Å²) in [7, 11) is 0. The molecule has 0 aromatic heterocycles. The molecule has 1 fully saturated rings. The summed E-state index contributed by atoms with van der Waals surface area (Å²) < 4.78 is 49.9. The maximum atomic E-state index is 12.6. The van der Waals surface area contributed by atoms with Crippen LogP contribution in [0.4, 0.5) is 17.6 Å². The van der Waals surface area contributed by atoms with Crippen molar-refractivity contribution >= 4 is 11.6 Å². The molecule has 2 atom stereocenters. The van der Waals surface area contributed by atoms with Gasteiger partial charge in [0.05, 0.1) is 0 Å². The molecule has 1 N–H and O–H groups in total. The molecule has 14 heavy (non-hydrogen) atoms. The van der Waals surface area contributed by atoms with E-state index in [2.05, 4.69) is 11.6 Å². The van der Waals surface area contributed by atoms with Crippen LogP contribution in [0.3, 0.4) is 0 Å². The van der Waals surface area contributed by atoms with Gasteiger partial charge in [-0.05, 0) is 30.4 Å². The van der Waals surface area contributed by atoms with Crippen LogP contribution in [0.5, 0.6) is 0 Å². The van der Waals surface area contributed by atoms with Crippen LogP contribution in [0, 0.1) is 5.92 Å². The van der Waals surface area contributed by atoms with Crippen LogP contribution < -0.4 is 0 Å². The lowest BCUT2D eigenvalue weighted by Gasteiger charge is -2.19. The molecule has 0 aliphatic heterocycles. The van der Waals surface area contributed by atoms with E-state index >= 15 is 0 Å². The van der Waals surface area contributed by atoms with E-state index in [9.17, 15) is 17.6 Å². The molecule has 0 aromatic carbocycles. The van der Waals surface area contributed by atoms with Crippen molar-refractivity contribution in [1.82, 2.24) is 0 Å². The van der Waals surface area contributed by atoms with Gasteiger partial charge in [0, 0.05) is 12.8 Å². The largest absolute Gasteiger partial charge is 0.385 e. The van der Waals surface area contributed by atoms with E-state index < -0.39 is 29.7 Å². The minimum atomic E-state index is -3.72. The van der Waals surface area contributed by atoms with Crippen molar-refractivity contribution in [1.29, 1.82) is 0 Å². The van der Waals surface area contributed by atoms with Gasteiger partial charge in [0.1, 0.15) is 6.10 Å². The Hall–Kier alpha value is -0.0300. The Morgan fingerprint density at radius 3 is 2.43 bits per heavy atom. The minimum absolute atomic E-state index is 0.164. The SMILES string of the molecule is OC(CC1CCC(F)(F)C1)C(F)(F)Cl. The fourth-order valence-electron chi connectivity index (χ4n) is 1.69. The van der Waals surface area contributed by atoms with E-state index in [0.717, 1.165) is 0 Å². The topological polar surface area (TPSA) is 20.2 Å². The van der Waals surface area contributed by atoms with E-state index in [-0.39, 0.29) is 19.3 Å². The number of aliphatic hydroxyl groups is 1. The van der Waals surface area contributed by atoms with E-state index in [0.29, 0.717) is 0 Å². The van der Waals surface area contributed by atoms with E-state index in [4.69, 9.17) is 5.11 Å². The van der Waals surface area contributed by atoms with Crippen LogP contribution in [0.15, 0.2) is 0 Å². The van der Waals surface area contributed by atoms with Gasteiger partial charge in [0.25, 0.3) is 0 Å². The smallest absolute Gasteiger partial charge is 0.347 e. The molecule has 0 spiro atoms. The van der Waals surface area contributed by atoms with Crippen LogP contribution in [0.1, 0.15) is 25.7 Å². The highest BCUT2D eigenvalue weighted by Gasteiger charge is 2.43. The van der Waals surface area contributed by atoms with Gasteiger partial charge in [-0.3, -0.25) is 0 Å². The molecule has 0 aromatic rings. The van der Waals surface area contributed by atoms with Crippen molar-refractivity contribution in [2.24, 2.45) is 5.92 Å². The Kier molecular flexibility index (Phi) is 3.31. The summed E-state index contributed by atoms with van der Waals surface area (Å²) in [5.41, 5.74) is 0. The van der Waals surface area contributed by atoms with E-state index in [1.165, 1.54) is 0 Å². The van der Waals surface area contributed by atoms with Gasteiger partial charge in [-0.1, -0.05) is 0 Å². The highest BCUT2D eigenvalue weighted by molar-refractivity contribution is 6.22. The summed E-state index contributed by atoms with van der Waals surface area (Å²) in [6.45, 7) is 0. The first-order valence-corrected chi connectivity index (χ1v) is 4.71. The Morgan fingerprint density at radius 1 is 1.50 bits per heavy atom. The second kappa shape index (κ2) is 3.85. The van der Waals surface area contributed by atoms with Gasteiger partial charge >= 0.3 is 5.38 Å². The second-order valence-electron chi connectivity index (χ2n) is 3.76. The van der Waals surface area contributed by atoms with Gasteiger partial charge in [-0.15, -0.1) is 0 Å². The van der Waals surface area contributed by atoms with Crippen molar-refractivity contribution in [3.05, 3.63) is 0 Å². The number of hydrogen-bond donors (Lipinski definition) is 1. The highest BCUT2D eigenvalue weighted by atomic mass is 35.5. The van der Waals surface area contributed by atoms with Gasteiger partial charge in [-0.2, -0.15) is 8.78 Å². The Morgan fingerprint density at radius 2 is 2.07 bits per heavy atom. The molecule has 1 rings (SSSR count). The predicted octanol–water partition coefficient (Wildman–Crippen LogP) is 3.00. The molecule has 2 unspecified atom stereocenters. The highest BCUT2D eigenvalue weighted by Crippen LogP contribution is 2.42. The number of aliphatic hydroxyl groups excluding tert-OH is 1. The molecular formula is C8H11ClF4O. The zero-order chi connectivity index (χ0) is 11.0. The quantitative estimate of drug-likeness (QED) is 0.588. The molecule has 1 nitrogen and oxygen atoms in total. The number of rotatable bonds is 3. The molecule has 1 aliphatic rings. The Balaban J connectivity index is 2.40. The van der Waals surface area contributed by atoms with Crippen molar-refractivity contribution in [2.45, 2.75) is 43.1 Å². The molecule has 1 saturated carbocycles. The number of halogens is 5. The fourth-order valence-corrected chi connectivity index (χ4v) is 1.78. The lowest BCUT2D eigenvalue weighted by atomic mass is 10.00. The molecule has 84 valence electrons. The first-order valence-electron chi connectivity index (χ1n) is 4.33. The number of alkyl halides is 5. The van der Waals surface area contributed by atoms with E-state index in [1.54, 1.807) is 0 Å². The van der Waals surface area contributed by atoms with Crippen LogP contribution in [-0.2, 0) is 0 Å². The fraction of sp³-hybridized carbons (Fsp3) is 1.00. The van der Waals surface area contributed by atoms with Crippen molar-refractivity contribution in [3.8, 4) is 0 Å². The second-order valence-corrected chi connectivity index (χ2v) is 4.26. The molecule has 0 bridgehead atoms. The van der Waals surface area contributed by atoms with Crippen molar-refractivity contribution in [3.63, 3.8) is 0 Å². The molecule has 0 heterocycles. The van der Waals surface area contributed by atoms with Crippen molar-refractivity contribution < 1.29 is 22.7 Å². The Bertz CT molecular complexity index is 204. The zero-order valence-corrected chi connectivity index (χ0v) is 8.08. The third-order valence-electron chi connectivity index (χ3n) is 2.44. The van der Waals surface area contributed by atoms with Crippen molar-refractivity contribution in [2.75, 3.05) is 0 Å². The predicted molar refractivity (Wildman–Crippen MR) is 43.7 cm³/mol. The Labute approximate surface area is 84.0 Å². The summed E-state index contributed by atoms with van der Waals surface area (Å²) in [6.07, 6.45) is -2.97. The van der Waals surface area contributed by atoms with Gasteiger partial charge < -0.3 is 5.11 Å². The molecule has 0 amide bonds. The standard InChI is InChI=1S/C8H11ClF4O/c9-8(12,13)6(14)3-5-1-2-7(10,11)4-5/h5-6,14H,1-4H2. The number of hydrogen-bond acceptors (Lipinski definition) is 1. The average molecular weight is 235 g/mol. The molecule has 6 heteroatoms. The summed E-state index contributed by atoms with van der Waals surface area (Å²) in [4.78, 5) is 0. The van der Waals surface area contributed by atoms with Crippen LogP contribution in [0.2, 0.25) is 0 Å². The average Bonchev–Trinajstić information content (AvgIpc) is 2.28. The molecule has 0 radical (unpaired) electrons. The first-order chi connectivity index (χ1) is 6.21. The lowest BCUT2D eigenvalue weighted by Crippen LogP contribution is -2.29. The molecule has 0 saturated heterocycles. The maximum absolute atomic E-state index is 12.6. The first kappa shape index (κ1) is 12.0. The monoisotopic (exact) mass is 234 g/mol. The minimum Gasteiger partial charge on any atom is -0.385 e.